The second-order valence-corrected chi connectivity index (χ2v) is 8.71. The van der Waals surface area contributed by atoms with E-state index in [0.717, 1.165) is 36.3 Å². The maximum atomic E-state index is 13.7. The van der Waals surface area contributed by atoms with Crippen molar-refractivity contribution >= 4 is 33.7 Å². The number of aromatic nitrogens is 4. The van der Waals surface area contributed by atoms with Gasteiger partial charge in [0.15, 0.2) is 11.0 Å². The topological polar surface area (TPSA) is 72.7 Å². The summed E-state index contributed by atoms with van der Waals surface area (Å²) in [4.78, 5) is 23.9. The van der Waals surface area contributed by atoms with Gasteiger partial charge in [-0.3, -0.25) is 10.1 Å². The Bertz CT molecular complexity index is 1160. The van der Waals surface area contributed by atoms with Crippen LogP contribution in [0.1, 0.15) is 34.0 Å². The molecule has 5 rings (SSSR count). The second-order valence-electron chi connectivity index (χ2n) is 6.68. The lowest BCUT2D eigenvalue weighted by molar-refractivity contribution is 0.101. The van der Waals surface area contributed by atoms with Crippen LogP contribution in [0, 0.1) is 5.82 Å². The van der Waals surface area contributed by atoms with Crippen molar-refractivity contribution in [1.29, 1.82) is 0 Å². The molecule has 1 aromatic carbocycles. The smallest absolute Gasteiger partial charge is 0.295 e. The number of anilines is 1. The molecule has 3 aromatic heterocycles. The van der Waals surface area contributed by atoms with Crippen LogP contribution in [0.3, 0.4) is 0 Å². The molecular formula is C20H16FN5OS2. The van der Waals surface area contributed by atoms with Gasteiger partial charge < -0.3 is 0 Å². The molecule has 0 saturated heterocycles. The van der Waals surface area contributed by atoms with Crippen LogP contribution in [0.2, 0.25) is 0 Å². The lowest BCUT2D eigenvalue weighted by atomic mass is 10.0. The van der Waals surface area contributed by atoms with Crippen molar-refractivity contribution in [2.75, 3.05) is 5.32 Å². The van der Waals surface area contributed by atoms with E-state index in [4.69, 9.17) is 0 Å². The number of thiophene rings is 1. The van der Waals surface area contributed by atoms with Gasteiger partial charge in [-0.2, -0.15) is 0 Å². The van der Waals surface area contributed by atoms with Crippen molar-refractivity contribution < 1.29 is 9.18 Å². The van der Waals surface area contributed by atoms with Gasteiger partial charge in [0.25, 0.3) is 5.91 Å². The molecule has 3 heterocycles. The summed E-state index contributed by atoms with van der Waals surface area (Å²) in [7, 11) is 0. The van der Waals surface area contributed by atoms with Crippen molar-refractivity contribution in [2.24, 2.45) is 0 Å². The van der Waals surface area contributed by atoms with Gasteiger partial charge in [-0.15, -0.1) is 27.8 Å². The molecule has 1 amide bonds. The molecule has 4 aromatic rings. The SMILES string of the molecule is O=C(Nc1nc2c(s1)CCCC2)c1nc(-c2cccs2)n(-c2cccc(F)c2)n1. The van der Waals surface area contributed by atoms with Gasteiger partial charge in [-0.1, -0.05) is 12.1 Å². The minimum Gasteiger partial charge on any atom is -0.295 e. The Kier molecular flexibility index (Phi) is 4.69. The Hall–Kier alpha value is -2.91. The van der Waals surface area contributed by atoms with Crippen LogP contribution in [0.5, 0.6) is 0 Å². The second kappa shape index (κ2) is 7.49. The fourth-order valence-electron chi connectivity index (χ4n) is 3.32. The number of hydrogen-bond donors (Lipinski definition) is 1. The summed E-state index contributed by atoms with van der Waals surface area (Å²) in [5.41, 5.74) is 1.58. The number of carbonyl (C=O) groups excluding carboxylic acids is 1. The van der Waals surface area contributed by atoms with Crippen LogP contribution in [0.4, 0.5) is 9.52 Å². The van der Waals surface area contributed by atoms with Crippen molar-refractivity contribution in [1.82, 2.24) is 19.7 Å². The first kappa shape index (κ1) is 18.1. The van der Waals surface area contributed by atoms with Gasteiger partial charge in [0.1, 0.15) is 5.82 Å². The monoisotopic (exact) mass is 425 g/mol. The molecule has 0 saturated carbocycles. The third-order valence-corrected chi connectivity index (χ3v) is 6.61. The first-order valence-corrected chi connectivity index (χ1v) is 10.9. The normalized spacial score (nSPS) is 13.3. The number of amides is 1. The molecular weight excluding hydrogens is 409 g/mol. The van der Waals surface area contributed by atoms with Crippen molar-refractivity contribution in [2.45, 2.75) is 25.7 Å². The zero-order valence-corrected chi connectivity index (χ0v) is 16.9. The van der Waals surface area contributed by atoms with Crippen LogP contribution in [-0.2, 0) is 12.8 Å². The van der Waals surface area contributed by atoms with E-state index in [9.17, 15) is 9.18 Å². The van der Waals surface area contributed by atoms with Gasteiger partial charge in [-0.25, -0.2) is 19.0 Å². The number of rotatable bonds is 4. The Labute approximate surface area is 174 Å². The summed E-state index contributed by atoms with van der Waals surface area (Å²) in [6.07, 6.45) is 4.26. The molecule has 9 heteroatoms. The molecule has 0 unspecified atom stereocenters. The summed E-state index contributed by atoms with van der Waals surface area (Å²) in [6, 6.07) is 9.84. The van der Waals surface area contributed by atoms with E-state index in [1.807, 2.05) is 17.5 Å². The third-order valence-electron chi connectivity index (χ3n) is 4.67. The lowest BCUT2D eigenvalue weighted by Crippen LogP contribution is -2.14. The first-order chi connectivity index (χ1) is 14.2. The molecule has 0 radical (unpaired) electrons. The highest BCUT2D eigenvalue weighted by molar-refractivity contribution is 7.16. The van der Waals surface area contributed by atoms with E-state index in [-0.39, 0.29) is 11.6 Å². The zero-order chi connectivity index (χ0) is 19.8. The lowest BCUT2D eigenvalue weighted by Gasteiger charge is -2.06. The van der Waals surface area contributed by atoms with Gasteiger partial charge in [0.2, 0.25) is 5.82 Å². The minimum atomic E-state index is -0.427. The molecule has 6 nitrogen and oxygen atoms in total. The van der Waals surface area contributed by atoms with Crippen LogP contribution in [-0.4, -0.2) is 25.7 Å². The van der Waals surface area contributed by atoms with E-state index in [1.54, 1.807) is 12.1 Å². The molecule has 0 spiro atoms. The highest BCUT2D eigenvalue weighted by Crippen LogP contribution is 2.30. The van der Waals surface area contributed by atoms with Crippen molar-refractivity contribution in [3.8, 4) is 16.4 Å². The Morgan fingerprint density at radius 1 is 1.14 bits per heavy atom. The number of thiazole rings is 1. The van der Waals surface area contributed by atoms with Crippen LogP contribution in [0.25, 0.3) is 16.4 Å². The van der Waals surface area contributed by atoms with Gasteiger partial charge in [0.05, 0.1) is 16.3 Å². The molecule has 0 bridgehead atoms. The van der Waals surface area contributed by atoms with Crippen LogP contribution < -0.4 is 5.32 Å². The highest BCUT2D eigenvalue weighted by atomic mass is 32.1. The highest BCUT2D eigenvalue weighted by Gasteiger charge is 2.22. The molecule has 0 aliphatic heterocycles. The summed E-state index contributed by atoms with van der Waals surface area (Å²) in [5.74, 6) is -0.293. The maximum Gasteiger partial charge on any atom is 0.297 e. The quantitative estimate of drug-likeness (QED) is 0.513. The number of hydrogen-bond acceptors (Lipinski definition) is 6. The number of halogens is 1. The molecule has 0 fully saturated rings. The van der Waals surface area contributed by atoms with E-state index < -0.39 is 5.91 Å². The summed E-state index contributed by atoms with van der Waals surface area (Å²) < 4.78 is 15.2. The Morgan fingerprint density at radius 3 is 2.83 bits per heavy atom. The van der Waals surface area contributed by atoms with E-state index in [0.29, 0.717) is 16.6 Å². The third kappa shape index (κ3) is 3.58. The van der Waals surface area contributed by atoms with E-state index in [1.165, 1.54) is 44.4 Å². The van der Waals surface area contributed by atoms with Crippen molar-refractivity contribution in [3.63, 3.8) is 0 Å². The number of aryl methyl sites for hydroxylation is 2. The molecule has 1 N–H and O–H groups in total. The Morgan fingerprint density at radius 2 is 2.03 bits per heavy atom. The standard InChI is InChI=1S/C20H16FN5OS2/c21-12-5-3-6-13(11-12)26-18(16-9-4-10-28-16)23-17(25-26)19(27)24-20-22-14-7-1-2-8-15(14)29-20/h3-6,9-11H,1-2,7-8H2,(H,22,24,27). The Balaban J connectivity index is 1.49. The fourth-order valence-corrected chi connectivity index (χ4v) is 5.06. The predicted molar refractivity (Wildman–Crippen MR) is 111 cm³/mol. The molecule has 1 aliphatic carbocycles. The van der Waals surface area contributed by atoms with Crippen LogP contribution in [0.15, 0.2) is 41.8 Å². The predicted octanol–water partition coefficient (Wildman–Crippen LogP) is 4.72. The molecule has 146 valence electrons. The zero-order valence-electron chi connectivity index (χ0n) is 15.3. The fraction of sp³-hybridized carbons (Fsp3) is 0.200. The van der Waals surface area contributed by atoms with Gasteiger partial charge >= 0.3 is 0 Å². The van der Waals surface area contributed by atoms with Gasteiger partial charge in [-0.05, 0) is 55.3 Å². The molecule has 0 atom stereocenters. The number of benzene rings is 1. The average molecular weight is 426 g/mol. The number of fused-ring (bicyclic) bond motifs is 1. The summed E-state index contributed by atoms with van der Waals surface area (Å²) in [6.45, 7) is 0. The largest absolute Gasteiger partial charge is 0.297 e. The number of nitrogens with zero attached hydrogens (tertiary/aromatic N) is 4. The maximum absolute atomic E-state index is 13.7. The van der Waals surface area contributed by atoms with Gasteiger partial charge in [0, 0.05) is 4.88 Å². The molecule has 1 aliphatic rings. The number of nitrogens with one attached hydrogen (secondary N) is 1. The van der Waals surface area contributed by atoms with Crippen molar-refractivity contribution in [3.05, 3.63) is 64.0 Å². The number of carbonyl (C=O) groups is 1. The summed E-state index contributed by atoms with van der Waals surface area (Å²) >= 11 is 2.99. The molecule has 29 heavy (non-hydrogen) atoms. The van der Waals surface area contributed by atoms with E-state index in [2.05, 4.69) is 20.4 Å². The average Bonchev–Trinajstić information content (AvgIpc) is 3.46. The van der Waals surface area contributed by atoms with Crippen LogP contribution >= 0.6 is 22.7 Å². The first-order valence-electron chi connectivity index (χ1n) is 9.24. The summed E-state index contributed by atoms with van der Waals surface area (Å²) in [5, 5.41) is 9.68. The van der Waals surface area contributed by atoms with E-state index >= 15 is 0 Å². The minimum absolute atomic E-state index is 0.0193.